The predicted octanol–water partition coefficient (Wildman–Crippen LogP) is 3.57. The first-order chi connectivity index (χ1) is 12.6. The monoisotopic (exact) mass is 344 g/mol. The zero-order valence-electron chi connectivity index (χ0n) is 14.4. The van der Waals surface area contributed by atoms with E-state index >= 15 is 0 Å². The van der Waals surface area contributed by atoms with E-state index in [0.29, 0.717) is 5.82 Å². The molecule has 2 aromatic carbocycles. The minimum atomic E-state index is -0.270. The summed E-state index contributed by atoms with van der Waals surface area (Å²) in [5.41, 5.74) is 3.73. The molecule has 0 aliphatic carbocycles. The Morgan fingerprint density at radius 2 is 1.73 bits per heavy atom. The number of hydrogen-bond acceptors (Lipinski definition) is 5. The van der Waals surface area contributed by atoms with Crippen LogP contribution < -0.4 is 5.43 Å². The fourth-order valence-corrected chi connectivity index (χ4v) is 2.69. The molecule has 0 atom stereocenters. The molecule has 0 radical (unpaired) electrons. The molecule has 6 nitrogen and oxygen atoms in total. The van der Waals surface area contributed by atoms with Gasteiger partial charge in [0.15, 0.2) is 5.69 Å². The van der Waals surface area contributed by atoms with Gasteiger partial charge >= 0.3 is 0 Å². The minimum absolute atomic E-state index is 0.105. The van der Waals surface area contributed by atoms with Gasteiger partial charge in [0.2, 0.25) is 11.3 Å². The largest absolute Gasteiger partial charge is 0.332 e. The van der Waals surface area contributed by atoms with Gasteiger partial charge in [-0.05, 0) is 37.6 Å². The standard InChI is InChI=1S/C20H16N4O2/c1-13-5-3-7-15(11-13)19-21-20(26-23-19)18-17(25)9-10-24(22-18)16-8-4-6-14(2)12-16/h3-12H,1-2H3. The second-order valence-electron chi connectivity index (χ2n) is 6.10. The van der Waals surface area contributed by atoms with Gasteiger partial charge in [0, 0.05) is 17.8 Å². The maximum atomic E-state index is 12.3. The molecule has 0 spiro atoms. The van der Waals surface area contributed by atoms with Crippen LogP contribution in [0.4, 0.5) is 0 Å². The highest BCUT2D eigenvalue weighted by Gasteiger charge is 2.16. The number of rotatable bonds is 3. The third-order valence-corrected chi connectivity index (χ3v) is 3.98. The average molecular weight is 344 g/mol. The van der Waals surface area contributed by atoms with Crippen molar-refractivity contribution < 1.29 is 4.52 Å². The van der Waals surface area contributed by atoms with Crippen molar-refractivity contribution in [3.63, 3.8) is 0 Å². The third-order valence-electron chi connectivity index (χ3n) is 3.98. The van der Waals surface area contributed by atoms with E-state index in [4.69, 9.17) is 4.52 Å². The van der Waals surface area contributed by atoms with Crippen molar-refractivity contribution in [3.05, 3.63) is 82.1 Å². The summed E-state index contributed by atoms with van der Waals surface area (Å²) >= 11 is 0. The van der Waals surface area contributed by atoms with E-state index < -0.39 is 0 Å². The van der Waals surface area contributed by atoms with Gasteiger partial charge < -0.3 is 4.52 Å². The minimum Gasteiger partial charge on any atom is -0.332 e. The van der Waals surface area contributed by atoms with E-state index in [0.717, 1.165) is 22.4 Å². The highest BCUT2D eigenvalue weighted by atomic mass is 16.5. The number of aryl methyl sites for hydroxylation is 2. The van der Waals surface area contributed by atoms with Crippen LogP contribution in [0.25, 0.3) is 28.7 Å². The van der Waals surface area contributed by atoms with Gasteiger partial charge in [-0.2, -0.15) is 10.1 Å². The number of nitrogens with zero attached hydrogens (tertiary/aromatic N) is 4. The second-order valence-corrected chi connectivity index (χ2v) is 6.10. The lowest BCUT2D eigenvalue weighted by molar-refractivity contribution is 0.429. The molecule has 26 heavy (non-hydrogen) atoms. The Balaban J connectivity index is 1.77. The van der Waals surface area contributed by atoms with Crippen molar-refractivity contribution in [3.8, 4) is 28.7 Å². The van der Waals surface area contributed by atoms with Crippen LogP contribution in [0.2, 0.25) is 0 Å². The molecular weight excluding hydrogens is 328 g/mol. The van der Waals surface area contributed by atoms with Gasteiger partial charge in [0.1, 0.15) is 0 Å². The summed E-state index contributed by atoms with van der Waals surface area (Å²) < 4.78 is 6.93. The first kappa shape index (κ1) is 16.0. The molecule has 4 rings (SSSR count). The predicted molar refractivity (Wildman–Crippen MR) is 98.0 cm³/mol. The van der Waals surface area contributed by atoms with Gasteiger partial charge in [-0.3, -0.25) is 4.79 Å². The first-order valence-corrected chi connectivity index (χ1v) is 8.18. The molecule has 0 saturated heterocycles. The summed E-state index contributed by atoms with van der Waals surface area (Å²) in [5.74, 6) is 0.532. The summed E-state index contributed by atoms with van der Waals surface area (Å²) in [7, 11) is 0. The topological polar surface area (TPSA) is 73.8 Å². The highest BCUT2D eigenvalue weighted by molar-refractivity contribution is 5.58. The Kier molecular flexibility index (Phi) is 3.93. The molecule has 0 N–H and O–H groups in total. The quantitative estimate of drug-likeness (QED) is 0.568. The summed E-state index contributed by atoms with van der Waals surface area (Å²) in [5, 5.41) is 8.37. The Labute approximate surface area is 149 Å². The fourth-order valence-electron chi connectivity index (χ4n) is 2.69. The van der Waals surface area contributed by atoms with E-state index in [1.807, 2.05) is 62.4 Å². The molecule has 0 aliphatic heterocycles. The SMILES string of the molecule is Cc1cccc(-c2noc(-c3nn(-c4cccc(C)c4)ccc3=O)n2)c1. The Morgan fingerprint density at radius 3 is 2.50 bits per heavy atom. The zero-order valence-corrected chi connectivity index (χ0v) is 14.4. The van der Waals surface area contributed by atoms with Crippen LogP contribution in [0.5, 0.6) is 0 Å². The normalized spacial score (nSPS) is 10.8. The van der Waals surface area contributed by atoms with Crippen LogP contribution in [0.15, 0.2) is 70.1 Å². The molecule has 0 bridgehead atoms. The molecule has 2 heterocycles. The smallest absolute Gasteiger partial charge is 0.282 e. The van der Waals surface area contributed by atoms with E-state index in [-0.39, 0.29) is 17.0 Å². The summed E-state index contributed by atoms with van der Waals surface area (Å²) in [6, 6.07) is 17.0. The molecule has 6 heteroatoms. The first-order valence-electron chi connectivity index (χ1n) is 8.18. The van der Waals surface area contributed by atoms with Crippen LogP contribution in [-0.4, -0.2) is 19.9 Å². The maximum Gasteiger partial charge on any atom is 0.282 e. The number of hydrogen-bond donors (Lipinski definition) is 0. The van der Waals surface area contributed by atoms with E-state index in [1.165, 1.54) is 6.07 Å². The summed E-state index contributed by atoms with van der Waals surface area (Å²) in [4.78, 5) is 16.6. The lowest BCUT2D eigenvalue weighted by atomic mass is 10.1. The maximum absolute atomic E-state index is 12.3. The van der Waals surface area contributed by atoms with Crippen molar-refractivity contribution in [2.45, 2.75) is 13.8 Å². The molecule has 2 aromatic heterocycles. The molecule has 4 aromatic rings. The molecular formula is C20H16N4O2. The van der Waals surface area contributed by atoms with E-state index in [1.54, 1.807) is 10.9 Å². The van der Waals surface area contributed by atoms with Crippen LogP contribution in [0, 0.1) is 13.8 Å². The van der Waals surface area contributed by atoms with Gasteiger partial charge in [0.25, 0.3) is 5.89 Å². The zero-order chi connectivity index (χ0) is 18.1. The van der Waals surface area contributed by atoms with Crippen molar-refractivity contribution >= 4 is 0 Å². The van der Waals surface area contributed by atoms with Gasteiger partial charge in [-0.1, -0.05) is 41.1 Å². The highest BCUT2D eigenvalue weighted by Crippen LogP contribution is 2.20. The van der Waals surface area contributed by atoms with Crippen LogP contribution in [-0.2, 0) is 0 Å². The molecule has 0 amide bonds. The summed E-state index contributed by atoms with van der Waals surface area (Å²) in [6.45, 7) is 3.99. The summed E-state index contributed by atoms with van der Waals surface area (Å²) in [6.07, 6.45) is 1.62. The third kappa shape index (κ3) is 3.04. The molecule has 0 fully saturated rings. The van der Waals surface area contributed by atoms with Crippen molar-refractivity contribution in [1.29, 1.82) is 0 Å². The van der Waals surface area contributed by atoms with Crippen LogP contribution in [0.3, 0.4) is 0 Å². The molecule has 0 unspecified atom stereocenters. The van der Waals surface area contributed by atoms with Gasteiger partial charge in [0.05, 0.1) is 5.69 Å². The lowest BCUT2D eigenvalue weighted by Gasteiger charge is -2.06. The van der Waals surface area contributed by atoms with Crippen LogP contribution >= 0.6 is 0 Å². The molecule has 128 valence electrons. The number of aromatic nitrogens is 4. The van der Waals surface area contributed by atoms with Crippen LogP contribution in [0.1, 0.15) is 11.1 Å². The van der Waals surface area contributed by atoms with Gasteiger partial charge in [-0.15, -0.1) is 0 Å². The molecule has 0 saturated carbocycles. The van der Waals surface area contributed by atoms with E-state index in [2.05, 4.69) is 15.2 Å². The van der Waals surface area contributed by atoms with Crippen molar-refractivity contribution in [2.24, 2.45) is 0 Å². The van der Waals surface area contributed by atoms with Crippen molar-refractivity contribution in [1.82, 2.24) is 19.9 Å². The lowest BCUT2D eigenvalue weighted by Crippen LogP contribution is -2.12. The second kappa shape index (κ2) is 6.40. The van der Waals surface area contributed by atoms with Gasteiger partial charge in [-0.25, -0.2) is 4.68 Å². The average Bonchev–Trinajstić information content (AvgIpc) is 3.12. The Morgan fingerprint density at radius 1 is 0.962 bits per heavy atom. The van der Waals surface area contributed by atoms with Crippen molar-refractivity contribution in [2.75, 3.05) is 0 Å². The number of benzene rings is 2. The Bertz CT molecular complexity index is 1140. The fraction of sp³-hybridized carbons (Fsp3) is 0.100. The Hall–Kier alpha value is -3.54. The molecule has 0 aliphatic rings. The van der Waals surface area contributed by atoms with E-state index in [9.17, 15) is 4.79 Å².